The monoisotopic (exact) mass is 408 g/mol. The zero-order valence-corrected chi connectivity index (χ0v) is 16.6. The molecule has 4 rings (SSSR count). The summed E-state index contributed by atoms with van der Waals surface area (Å²) < 4.78 is 15.9. The number of carbonyl (C=O) groups is 3. The van der Waals surface area contributed by atoms with E-state index in [4.69, 9.17) is 14.2 Å². The Morgan fingerprint density at radius 1 is 1.10 bits per heavy atom. The summed E-state index contributed by atoms with van der Waals surface area (Å²) in [5.74, 6) is -1.98. The Hall–Kier alpha value is -3.68. The van der Waals surface area contributed by atoms with Crippen molar-refractivity contribution in [2.24, 2.45) is 4.99 Å². The fourth-order valence-electron chi connectivity index (χ4n) is 3.89. The van der Waals surface area contributed by atoms with Crippen molar-refractivity contribution in [3.05, 3.63) is 65.2 Å². The molecule has 2 aromatic rings. The predicted molar refractivity (Wildman–Crippen MR) is 107 cm³/mol. The van der Waals surface area contributed by atoms with Crippen molar-refractivity contribution < 1.29 is 28.6 Å². The quantitative estimate of drug-likeness (QED) is 0.555. The Morgan fingerprint density at radius 2 is 1.80 bits per heavy atom. The van der Waals surface area contributed by atoms with Crippen LogP contribution in [0.1, 0.15) is 28.4 Å². The topological polar surface area (TPSA) is 94.5 Å². The van der Waals surface area contributed by atoms with E-state index in [1.807, 2.05) is 0 Å². The van der Waals surface area contributed by atoms with E-state index in [-0.39, 0.29) is 17.7 Å². The third kappa shape index (κ3) is 2.67. The van der Waals surface area contributed by atoms with E-state index in [1.165, 1.54) is 7.11 Å². The lowest BCUT2D eigenvalue weighted by molar-refractivity contribution is -0.162. The number of anilines is 1. The third-order valence-corrected chi connectivity index (χ3v) is 5.10. The molecular formula is C22H20N2O6. The molecule has 0 saturated carbocycles. The van der Waals surface area contributed by atoms with Gasteiger partial charge in [0.25, 0.3) is 11.4 Å². The van der Waals surface area contributed by atoms with E-state index in [1.54, 1.807) is 55.5 Å². The number of nitrogens with zero attached hydrogens (tertiary/aromatic N) is 2. The van der Waals surface area contributed by atoms with Crippen LogP contribution in [0.25, 0.3) is 0 Å². The van der Waals surface area contributed by atoms with Crippen LogP contribution in [0.4, 0.5) is 5.69 Å². The van der Waals surface area contributed by atoms with Gasteiger partial charge in [0.05, 0.1) is 31.5 Å². The number of benzene rings is 2. The molecule has 0 radical (unpaired) electrons. The van der Waals surface area contributed by atoms with Gasteiger partial charge in [0.1, 0.15) is 6.61 Å². The number of amides is 1. The summed E-state index contributed by atoms with van der Waals surface area (Å²) in [7, 11) is 1.17. The van der Waals surface area contributed by atoms with Crippen molar-refractivity contribution in [3.63, 3.8) is 0 Å². The molecule has 1 unspecified atom stereocenters. The minimum Gasteiger partial charge on any atom is -0.475 e. The summed E-state index contributed by atoms with van der Waals surface area (Å²) in [5.41, 5.74) is -0.885. The molecule has 30 heavy (non-hydrogen) atoms. The molecule has 0 saturated heterocycles. The van der Waals surface area contributed by atoms with E-state index >= 15 is 0 Å². The second-order valence-electron chi connectivity index (χ2n) is 6.66. The minimum atomic E-state index is -2.12. The maximum atomic E-state index is 13.5. The first-order valence-electron chi connectivity index (χ1n) is 9.53. The second kappa shape index (κ2) is 7.62. The molecule has 0 N–H and O–H groups in total. The van der Waals surface area contributed by atoms with E-state index in [0.717, 1.165) is 4.90 Å². The number of methoxy groups -OCH3 is 1. The first-order chi connectivity index (χ1) is 14.6. The molecule has 2 aliphatic heterocycles. The van der Waals surface area contributed by atoms with E-state index in [2.05, 4.69) is 4.99 Å². The molecule has 0 fully saturated rings. The molecule has 8 nitrogen and oxygen atoms in total. The van der Waals surface area contributed by atoms with Crippen molar-refractivity contribution in [3.8, 4) is 0 Å². The Kier molecular flexibility index (Phi) is 4.99. The van der Waals surface area contributed by atoms with Crippen LogP contribution in [0.2, 0.25) is 0 Å². The van der Waals surface area contributed by atoms with Gasteiger partial charge in [-0.15, -0.1) is 0 Å². The number of aliphatic imine (C=N–C) groups is 1. The standard InChI is InChI=1S/C22H20N2O6/c1-3-29-21(27)22(20(26)28-2)16-10-6-4-8-14(16)19(25)24(22)17-11-7-5-9-15(17)18-23-12-13-30-18/h4-11H,3,12-13H2,1-2H3. The number of hydrogen-bond acceptors (Lipinski definition) is 7. The summed E-state index contributed by atoms with van der Waals surface area (Å²) in [5, 5.41) is 0. The van der Waals surface area contributed by atoms with Gasteiger partial charge in [-0.05, 0) is 25.1 Å². The lowest BCUT2D eigenvalue weighted by Crippen LogP contribution is -2.57. The molecule has 0 aliphatic carbocycles. The number of rotatable bonds is 5. The van der Waals surface area contributed by atoms with Crippen LogP contribution in [0.15, 0.2) is 53.5 Å². The van der Waals surface area contributed by atoms with Gasteiger partial charge in [0.15, 0.2) is 0 Å². The second-order valence-corrected chi connectivity index (χ2v) is 6.66. The van der Waals surface area contributed by atoms with Gasteiger partial charge in [-0.2, -0.15) is 0 Å². The van der Waals surface area contributed by atoms with Crippen molar-refractivity contribution in [2.75, 3.05) is 31.8 Å². The van der Waals surface area contributed by atoms with Crippen molar-refractivity contribution in [1.29, 1.82) is 0 Å². The zero-order valence-electron chi connectivity index (χ0n) is 16.6. The first-order valence-corrected chi connectivity index (χ1v) is 9.53. The van der Waals surface area contributed by atoms with Gasteiger partial charge in [-0.3, -0.25) is 9.69 Å². The number of ether oxygens (including phenoxy) is 3. The highest BCUT2D eigenvalue weighted by molar-refractivity contribution is 6.26. The van der Waals surface area contributed by atoms with Crippen LogP contribution in [0.5, 0.6) is 0 Å². The zero-order chi connectivity index (χ0) is 21.3. The van der Waals surface area contributed by atoms with E-state index in [9.17, 15) is 14.4 Å². The van der Waals surface area contributed by atoms with Crippen LogP contribution >= 0.6 is 0 Å². The third-order valence-electron chi connectivity index (χ3n) is 5.10. The van der Waals surface area contributed by atoms with Crippen LogP contribution in [-0.4, -0.2) is 50.6 Å². The Balaban J connectivity index is 2.02. The maximum Gasteiger partial charge on any atom is 0.349 e. The normalized spacial score (nSPS) is 19.7. The molecule has 0 bridgehead atoms. The van der Waals surface area contributed by atoms with Gasteiger partial charge < -0.3 is 14.2 Å². The number of fused-ring (bicyclic) bond motifs is 1. The first kappa shape index (κ1) is 19.6. The van der Waals surface area contributed by atoms with Gasteiger partial charge in [0, 0.05) is 11.1 Å². The van der Waals surface area contributed by atoms with Crippen molar-refractivity contribution >= 4 is 29.4 Å². The Bertz CT molecular complexity index is 1060. The van der Waals surface area contributed by atoms with Crippen LogP contribution in [0, 0.1) is 0 Å². The predicted octanol–water partition coefficient (Wildman–Crippen LogP) is 2.06. The molecule has 1 atom stereocenters. The molecule has 2 heterocycles. The fourth-order valence-corrected chi connectivity index (χ4v) is 3.89. The van der Waals surface area contributed by atoms with E-state index < -0.39 is 23.4 Å². The molecular weight excluding hydrogens is 388 g/mol. The summed E-state index contributed by atoms with van der Waals surface area (Å²) in [6.07, 6.45) is 0. The average Bonchev–Trinajstić information content (AvgIpc) is 3.39. The average molecular weight is 408 g/mol. The lowest BCUT2D eigenvalue weighted by Gasteiger charge is -2.35. The number of esters is 2. The SMILES string of the molecule is CCOC(=O)C1(C(=O)OC)c2ccccc2C(=O)N1c1ccccc1C1=NCCO1. The maximum absolute atomic E-state index is 13.5. The van der Waals surface area contributed by atoms with Gasteiger partial charge >= 0.3 is 11.9 Å². The summed E-state index contributed by atoms with van der Waals surface area (Å²) in [6.45, 7) is 2.56. The van der Waals surface area contributed by atoms with Crippen molar-refractivity contribution in [2.45, 2.75) is 12.5 Å². The summed E-state index contributed by atoms with van der Waals surface area (Å²) in [6, 6.07) is 13.3. The lowest BCUT2D eigenvalue weighted by atomic mass is 9.88. The van der Waals surface area contributed by atoms with E-state index in [0.29, 0.717) is 30.3 Å². The number of para-hydroxylation sites is 1. The highest BCUT2D eigenvalue weighted by Crippen LogP contribution is 2.45. The molecule has 0 spiro atoms. The summed E-state index contributed by atoms with van der Waals surface area (Å²) in [4.78, 5) is 45.5. The van der Waals surface area contributed by atoms with Crippen LogP contribution in [-0.2, 0) is 29.3 Å². The highest BCUT2D eigenvalue weighted by Gasteiger charge is 2.63. The van der Waals surface area contributed by atoms with Crippen molar-refractivity contribution in [1.82, 2.24) is 0 Å². The molecule has 2 aliphatic rings. The molecule has 2 aromatic carbocycles. The number of hydrogen-bond donors (Lipinski definition) is 0. The molecule has 8 heteroatoms. The molecule has 154 valence electrons. The van der Waals surface area contributed by atoms with Gasteiger partial charge in [0.2, 0.25) is 5.90 Å². The molecule has 1 amide bonds. The van der Waals surface area contributed by atoms with Gasteiger partial charge in [-0.25, -0.2) is 14.6 Å². The fraction of sp³-hybridized carbons (Fsp3) is 0.273. The number of carbonyl (C=O) groups excluding carboxylic acids is 3. The smallest absolute Gasteiger partial charge is 0.349 e. The minimum absolute atomic E-state index is 0.0270. The Morgan fingerprint density at radius 3 is 2.47 bits per heavy atom. The largest absolute Gasteiger partial charge is 0.475 e. The highest BCUT2D eigenvalue weighted by atomic mass is 16.6. The van der Waals surface area contributed by atoms with Gasteiger partial charge in [-0.1, -0.05) is 30.3 Å². The molecule has 0 aromatic heterocycles. The summed E-state index contributed by atoms with van der Waals surface area (Å²) >= 11 is 0. The Labute approximate surface area is 173 Å². The van der Waals surface area contributed by atoms with Crippen LogP contribution < -0.4 is 4.90 Å². The van der Waals surface area contributed by atoms with Crippen LogP contribution in [0.3, 0.4) is 0 Å².